The molecule has 1 atom stereocenters. The van der Waals surface area contributed by atoms with E-state index >= 15 is 0 Å². The molecule has 2 aromatic heterocycles. The molecule has 1 unspecified atom stereocenters. The third-order valence-corrected chi connectivity index (χ3v) is 6.44. The summed E-state index contributed by atoms with van der Waals surface area (Å²) in [6.45, 7) is 6.49. The maximum Gasteiger partial charge on any atom is 0.266 e. The molecule has 0 spiro atoms. The van der Waals surface area contributed by atoms with Gasteiger partial charge in [0.15, 0.2) is 0 Å². The second-order valence-electron chi connectivity index (χ2n) is 7.39. The molecule has 6 heteroatoms. The molecule has 0 aliphatic rings. The van der Waals surface area contributed by atoms with Crippen LogP contribution < -0.4 is 5.56 Å². The zero-order chi connectivity index (χ0) is 22.0. The standard InChI is InChI=1S/C25H25N3O2S/c1-4-18-12-14-19(15-13-18)28-23(26-21-10-7-6-9-20(21)24(28)29)17(3)27(5-2)25(30)22-11-8-16-31-22/h6-17H,4-5H2,1-3H3. The Morgan fingerprint density at radius 1 is 1.06 bits per heavy atom. The third kappa shape index (κ3) is 3.91. The van der Waals surface area contributed by atoms with Gasteiger partial charge in [0, 0.05) is 6.54 Å². The van der Waals surface area contributed by atoms with Crippen LogP contribution in [-0.2, 0) is 6.42 Å². The Labute approximate surface area is 185 Å². The van der Waals surface area contributed by atoms with Crippen LogP contribution in [0.4, 0.5) is 0 Å². The third-order valence-electron chi connectivity index (χ3n) is 5.58. The SMILES string of the molecule is CCc1ccc(-n2c(C(C)N(CC)C(=O)c3cccs3)nc3ccccc3c2=O)cc1. The van der Waals surface area contributed by atoms with Gasteiger partial charge < -0.3 is 4.90 Å². The van der Waals surface area contributed by atoms with Gasteiger partial charge in [-0.05, 0) is 61.5 Å². The summed E-state index contributed by atoms with van der Waals surface area (Å²) in [5.41, 5.74) is 2.46. The quantitative estimate of drug-likeness (QED) is 0.420. The molecule has 31 heavy (non-hydrogen) atoms. The van der Waals surface area contributed by atoms with E-state index in [2.05, 4.69) is 6.92 Å². The summed E-state index contributed by atoms with van der Waals surface area (Å²) in [5.74, 6) is 0.500. The van der Waals surface area contributed by atoms with Crippen molar-refractivity contribution in [2.24, 2.45) is 0 Å². The van der Waals surface area contributed by atoms with Crippen LogP contribution >= 0.6 is 11.3 Å². The van der Waals surface area contributed by atoms with E-state index in [1.807, 2.05) is 73.8 Å². The molecule has 2 heterocycles. The van der Waals surface area contributed by atoms with Crippen molar-refractivity contribution in [3.8, 4) is 5.69 Å². The van der Waals surface area contributed by atoms with E-state index < -0.39 is 0 Å². The van der Waals surface area contributed by atoms with Crippen molar-refractivity contribution in [3.05, 3.63) is 92.7 Å². The molecule has 5 nitrogen and oxygen atoms in total. The average molecular weight is 432 g/mol. The number of carbonyl (C=O) groups is 1. The lowest BCUT2D eigenvalue weighted by molar-refractivity contribution is 0.0698. The second kappa shape index (κ2) is 8.86. The highest BCUT2D eigenvalue weighted by Crippen LogP contribution is 2.25. The Kier molecular flexibility index (Phi) is 6.00. The minimum Gasteiger partial charge on any atom is -0.328 e. The highest BCUT2D eigenvalue weighted by atomic mass is 32.1. The molecule has 4 aromatic rings. The van der Waals surface area contributed by atoms with E-state index in [1.165, 1.54) is 16.9 Å². The van der Waals surface area contributed by atoms with Gasteiger partial charge >= 0.3 is 0 Å². The molecular weight excluding hydrogens is 406 g/mol. The largest absolute Gasteiger partial charge is 0.328 e. The number of hydrogen-bond donors (Lipinski definition) is 0. The molecular formula is C25H25N3O2S. The lowest BCUT2D eigenvalue weighted by atomic mass is 10.1. The van der Waals surface area contributed by atoms with Gasteiger partial charge in [-0.2, -0.15) is 0 Å². The molecule has 0 radical (unpaired) electrons. The second-order valence-corrected chi connectivity index (χ2v) is 8.34. The Hall–Kier alpha value is -3.25. The summed E-state index contributed by atoms with van der Waals surface area (Å²) in [5, 5.41) is 2.45. The van der Waals surface area contributed by atoms with Crippen LogP contribution in [0.25, 0.3) is 16.6 Å². The zero-order valence-electron chi connectivity index (χ0n) is 17.9. The van der Waals surface area contributed by atoms with E-state index in [1.54, 1.807) is 15.5 Å². The maximum absolute atomic E-state index is 13.5. The van der Waals surface area contributed by atoms with Crippen LogP contribution in [-0.4, -0.2) is 26.9 Å². The Morgan fingerprint density at radius 2 is 1.81 bits per heavy atom. The topological polar surface area (TPSA) is 55.2 Å². The molecule has 1 amide bonds. The van der Waals surface area contributed by atoms with Crippen molar-refractivity contribution in [1.29, 1.82) is 0 Å². The van der Waals surface area contributed by atoms with Gasteiger partial charge in [0.25, 0.3) is 11.5 Å². The van der Waals surface area contributed by atoms with Gasteiger partial charge in [0.2, 0.25) is 0 Å². The van der Waals surface area contributed by atoms with Crippen molar-refractivity contribution in [2.75, 3.05) is 6.54 Å². The minimum absolute atomic E-state index is 0.0553. The predicted molar refractivity (Wildman–Crippen MR) is 126 cm³/mol. The Morgan fingerprint density at radius 3 is 2.45 bits per heavy atom. The fourth-order valence-electron chi connectivity index (χ4n) is 3.83. The summed E-state index contributed by atoms with van der Waals surface area (Å²) >= 11 is 1.42. The number of aryl methyl sites for hydroxylation is 1. The summed E-state index contributed by atoms with van der Waals surface area (Å²) in [6, 6.07) is 18.6. The van der Waals surface area contributed by atoms with E-state index in [4.69, 9.17) is 4.98 Å². The first kappa shape index (κ1) is 21.0. The molecule has 4 rings (SSSR count). The lowest BCUT2D eigenvalue weighted by Crippen LogP contribution is -2.37. The average Bonchev–Trinajstić information content (AvgIpc) is 3.34. The van der Waals surface area contributed by atoms with Crippen LogP contribution in [0.3, 0.4) is 0 Å². The fourth-order valence-corrected chi connectivity index (χ4v) is 4.51. The van der Waals surface area contributed by atoms with E-state index in [0.29, 0.717) is 28.1 Å². The van der Waals surface area contributed by atoms with Gasteiger partial charge in [-0.3, -0.25) is 14.2 Å². The Bertz CT molecular complexity index is 1260. The first-order chi connectivity index (χ1) is 15.0. The van der Waals surface area contributed by atoms with Crippen LogP contribution in [0.15, 0.2) is 70.8 Å². The number of fused-ring (bicyclic) bond motifs is 1. The molecule has 0 fully saturated rings. The number of amides is 1. The highest BCUT2D eigenvalue weighted by Gasteiger charge is 2.27. The van der Waals surface area contributed by atoms with Crippen molar-refractivity contribution < 1.29 is 4.79 Å². The van der Waals surface area contributed by atoms with Crippen molar-refractivity contribution in [1.82, 2.24) is 14.5 Å². The summed E-state index contributed by atoms with van der Waals surface area (Å²) < 4.78 is 1.65. The smallest absolute Gasteiger partial charge is 0.266 e. The first-order valence-electron chi connectivity index (χ1n) is 10.5. The van der Waals surface area contributed by atoms with Gasteiger partial charge in [-0.15, -0.1) is 11.3 Å². The van der Waals surface area contributed by atoms with Gasteiger partial charge in [-0.1, -0.05) is 37.3 Å². The summed E-state index contributed by atoms with van der Waals surface area (Å²) in [7, 11) is 0. The summed E-state index contributed by atoms with van der Waals surface area (Å²) in [4.78, 5) is 34.0. The monoisotopic (exact) mass is 431 g/mol. The highest BCUT2D eigenvalue weighted by molar-refractivity contribution is 7.12. The summed E-state index contributed by atoms with van der Waals surface area (Å²) in [6.07, 6.45) is 0.924. The number of carbonyl (C=O) groups excluding carboxylic acids is 1. The van der Waals surface area contributed by atoms with Gasteiger partial charge in [-0.25, -0.2) is 4.98 Å². The van der Waals surface area contributed by atoms with Crippen LogP contribution in [0, 0.1) is 0 Å². The van der Waals surface area contributed by atoms with Gasteiger partial charge in [0.1, 0.15) is 5.82 Å². The van der Waals surface area contributed by atoms with Crippen LogP contribution in [0.1, 0.15) is 47.9 Å². The van der Waals surface area contributed by atoms with E-state index in [0.717, 1.165) is 12.1 Å². The molecule has 0 saturated heterocycles. The number of rotatable bonds is 6. The first-order valence-corrected chi connectivity index (χ1v) is 11.4. The molecule has 0 bridgehead atoms. The van der Waals surface area contributed by atoms with Gasteiger partial charge in [0.05, 0.1) is 27.5 Å². The van der Waals surface area contributed by atoms with Crippen molar-refractivity contribution in [3.63, 3.8) is 0 Å². The number of benzene rings is 2. The fraction of sp³-hybridized carbons (Fsp3) is 0.240. The predicted octanol–water partition coefficient (Wildman–Crippen LogP) is 5.23. The number of hydrogen-bond acceptors (Lipinski definition) is 4. The number of para-hydroxylation sites is 1. The number of nitrogens with zero attached hydrogens (tertiary/aromatic N) is 3. The van der Waals surface area contributed by atoms with E-state index in [-0.39, 0.29) is 17.5 Å². The number of thiophene rings is 1. The molecule has 0 aliphatic heterocycles. The molecule has 0 saturated carbocycles. The molecule has 158 valence electrons. The minimum atomic E-state index is -0.386. The van der Waals surface area contributed by atoms with Crippen LogP contribution in [0.2, 0.25) is 0 Å². The maximum atomic E-state index is 13.5. The molecule has 0 aliphatic carbocycles. The van der Waals surface area contributed by atoms with Crippen molar-refractivity contribution in [2.45, 2.75) is 33.2 Å². The Balaban J connectivity index is 1.90. The van der Waals surface area contributed by atoms with E-state index in [9.17, 15) is 9.59 Å². The molecule has 0 N–H and O–H groups in total. The lowest BCUT2D eigenvalue weighted by Gasteiger charge is -2.29. The van der Waals surface area contributed by atoms with Crippen LogP contribution in [0.5, 0.6) is 0 Å². The zero-order valence-corrected chi connectivity index (χ0v) is 18.7. The molecule has 2 aromatic carbocycles. The normalized spacial score (nSPS) is 12.1. The number of aromatic nitrogens is 2. The van der Waals surface area contributed by atoms with Crippen molar-refractivity contribution >= 4 is 28.1 Å².